The first-order valence-corrected chi connectivity index (χ1v) is 8.88. The van der Waals surface area contributed by atoms with E-state index in [1.165, 1.54) is 25.8 Å². The minimum Gasteiger partial charge on any atom is -0.370 e. The fraction of sp³-hybridized carbons (Fsp3) is 0.625. The molecule has 0 bridgehead atoms. The summed E-state index contributed by atoms with van der Waals surface area (Å²) in [5, 5.41) is 6.61. The minimum atomic E-state index is 0.860. The first kappa shape index (κ1) is 14.7. The zero-order valence-electron chi connectivity index (χ0n) is 12.9. The van der Waals surface area contributed by atoms with Gasteiger partial charge in [0.25, 0.3) is 0 Å². The van der Waals surface area contributed by atoms with Crippen molar-refractivity contribution in [1.29, 1.82) is 0 Å². The summed E-state index contributed by atoms with van der Waals surface area (Å²) in [5.41, 5.74) is 0. The van der Waals surface area contributed by atoms with Crippen molar-refractivity contribution in [2.75, 3.05) is 25.0 Å². The Balaban J connectivity index is 1.78. The topological polar surface area (TPSA) is 41.1 Å². The van der Waals surface area contributed by atoms with Crippen LogP contribution in [0.15, 0.2) is 11.4 Å². The maximum absolute atomic E-state index is 4.74. The highest BCUT2D eigenvalue weighted by molar-refractivity contribution is 7.16. The number of fused-ring (bicyclic) bond motifs is 1. The minimum absolute atomic E-state index is 0.860. The van der Waals surface area contributed by atoms with Crippen LogP contribution in [0, 0.1) is 5.92 Å². The van der Waals surface area contributed by atoms with E-state index in [4.69, 9.17) is 9.97 Å². The molecule has 1 aliphatic rings. The van der Waals surface area contributed by atoms with Gasteiger partial charge in [-0.15, -0.1) is 11.3 Å². The third-order valence-corrected chi connectivity index (χ3v) is 5.08. The second-order valence-corrected chi connectivity index (χ2v) is 6.68. The Morgan fingerprint density at radius 1 is 1.33 bits per heavy atom. The maximum Gasteiger partial charge on any atom is 0.146 e. The molecule has 1 saturated carbocycles. The number of nitrogens with one attached hydrogen (secondary N) is 1. The predicted octanol–water partition coefficient (Wildman–Crippen LogP) is 3.75. The number of aromatic nitrogens is 2. The van der Waals surface area contributed by atoms with Crippen molar-refractivity contribution in [2.45, 2.75) is 39.7 Å². The molecule has 3 rings (SSSR count). The molecule has 2 heterocycles. The van der Waals surface area contributed by atoms with Crippen LogP contribution < -0.4 is 5.32 Å². The smallest absolute Gasteiger partial charge is 0.146 e. The Kier molecular flexibility index (Phi) is 4.70. The van der Waals surface area contributed by atoms with Crippen LogP contribution in [0.1, 0.15) is 38.9 Å². The van der Waals surface area contributed by atoms with Gasteiger partial charge < -0.3 is 5.32 Å². The van der Waals surface area contributed by atoms with Crippen molar-refractivity contribution in [3.63, 3.8) is 0 Å². The van der Waals surface area contributed by atoms with Crippen molar-refractivity contribution >= 4 is 27.4 Å². The van der Waals surface area contributed by atoms with E-state index in [0.29, 0.717) is 0 Å². The van der Waals surface area contributed by atoms with Crippen molar-refractivity contribution in [1.82, 2.24) is 14.9 Å². The summed E-state index contributed by atoms with van der Waals surface area (Å²) in [5.74, 6) is 2.82. The van der Waals surface area contributed by atoms with Crippen molar-refractivity contribution in [3.05, 3.63) is 17.3 Å². The molecule has 5 heteroatoms. The van der Waals surface area contributed by atoms with Crippen LogP contribution >= 0.6 is 11.3 Å². The van der Waals surface area contributed by atoms with E-state index in [9.17, 15) is 0 Å². The largest absolute Gasteiger partial charge is 0.370 e. The fourth-order valence-corrected chi connectivity index (χ4v) is 3.60. The summed E-state index contributed by atoms with van der Waals surface area (Å²) in [6.45, 7) is 8.35. The molecule has 0 aliphatic heterocycles. The van der Waals surface area contributed by atoms with Crippen LogP contribution in [0.2, 0.25) is 0 Å². The van der Waals surface area contributed by atoms with Crippen LogP contribution in [0.4, 0.5) is 5.82 Å². The van der Waals surface area contributed by atoms with Gasteiger partial charge in [0.15, 0.2) is 0 Å². The Labute approximate surface area is 130 Å². The summed E-state index contributed by atoms with van der Waals surface area (Å²) in [6.07, 6.45) is 4.19. The van der Waals surface area contributed by atoms with Gasteiger partial charge in [-0.3, -0.25) is 4.90 Å². The van der Waals surface area contributed by atoms with E-state index in [1.54, 1.807) is 11.3 Å². The molecule has 2 aromatic rings. The molecule has 0 amide bonds. The molecule has 0 aromatic carbocycles. The zero-order chi connectivity index (χ0) is 14.7. The molecule has 0 spiro atoms. The third kappa shape index (κ3) is 3.35. The molecule has 1 fully saturated rings. The molecule has 2 aromatic heterocycles. The van der Waals surface area contributed by atoms with Gasteiger partial charge in [0, 0.05) is 13.1 Å². The lowest BCUT2D eigenvalue weighted by Gasteiger charge is -2.31. The van der Waals surface area contributed by atoms with Crippen LogP contribution in [0.3, 0.4) is 0 Å². The van der Waals surface area contributed by atoms with Gasteiger partial charge in [-0.25, -0.2) is 9.97 Å². The van der Waals surface area contributed by atoms with Crippen LogP contribution in [0.5, 0.6) is 0 Å². The lowest BCUT2D eigenvalue weighted by Crippen LogP contribution is -2.32. The first-order chi connectivity index (χ1) is 10.3. The van der Waals surface area contributed by atoms with Crippen molar-refractivity contribution in [2.24, 2.45) is 5.92 Å². The summed E-state index contributed by atoms with van der Waals surface area (Å²) in [6, 6.07) is 2.10. The van der Waals surface area contributed by atoms with Gasteiger partial charge in [-0.05, 0) is 43.7 Å². The first-order valence-electron chi connectivity index (χ1n) is 8.00. The third-order valence-electron chi connectivity index (χ3n) is 4.27. The fourth-order valence-electron chi connectivity index (χ4n) is 2.82. The Hall–Kier alpha value is -1.20. The van der Waals surface area contributed by atoms with Gasteiger partial charge in [0.05, 0.1) is 11.9 Å². The number of hydrogen-bond donors (Lipinski definition) is 1. The van der Waals surface area contributed by atoms with Crippen LogP contribution in [0.25, 0.3) is 10.2 Å². The van der Waals surface area contributed by atoms with Gasteiger partial charge in [-0.1, -0.05) is 13.3 Å². The number of anilines is 1. The van der Waals surface area contributed by atoms with E-state index in [0.717, 1.165) is 47.4 Å². The lowest BCUT2D eigenvalue weighted by molar-refractivity contribution is 0.175. The molecule has 0 atom stereocenters. The van der Waals surface area contributed by atoms with E-state index in [1.807, 2.05) is 0 Å². The molecule has 1 N–H and O–H groups in total. The van der Waals surface area contributed by atoms with E-state index < -0.39 is 0 Å². The highest BCUT2D eigenvalue weighted by Crippen LogP contribution is 2.28. The number of thiophene rings is 1. The average Bonchev–Trinajstić information content (AvgIpc) is 2.90. The van der Waals surface area contributed by atoms with Crippen LogP contribution in [-0.4, -0.2) is 34.5 Å². The predicted molar refractivity (Wildman–Crippen MR) is 89.9 cm³/mol. The Morgan fingerprint density at radius 3 is 2.86 bits per heavy atom. The maximum atomic E-state index is 4.74. The molecule has 4 nitrogen and oxygen atoms in total. The number of nitrogens with zero attached hydrogens (tertiary/aromatic N) is 3. The molecule has 21 heavy (non-hydrogen) atoms. The monoisotopic (exact) mass is 304 g/mol. The van der Waals surface area contributed by atoms with Gasteiger partial charge in [-0.2, -0.15) is 0 Å². The van der Waals surface area contributed by atoms with Crippen LogP contribution in [-0.2, 0) is 6.54 Å². The normalized spacial score (nSPS) is 15.6. The summed E-state index contributed by atoms with van der Waals surface area (Å²) in [7, 11) is 0. The highest BCUT2D eigenvalue weighted by atomic mass is 32.1. The molecule has 114 valence electrons. The van der Waals surface area contributed by atoms with Crippen molar-refractivity contribution < 1.29 is 0 Å². The van der Waals surface area contributed by atoms with Gasteiger partial charge >= 0.3 is 0 Å². The van der Waals surface area contributed by atoms with Gasteiger partial charge in [0.1, 0.15) is 16.5 Å². The Morgan fingerprint density at radius 2 is 2.19 bits per heavy atom. The van der Waals surface area contributed by atoms with E-state index in [2.05, 4.69) is 35.5 Å². The molecule has 1 aliphatic carbocycles. The summed E-state index contributed by atoms with van der Waals surface area (Å²) < 4.78 is 0. The molecule has 0 saturated heterocycles. The van der Waals surface area contributed by atoms with E-state index in [-0.39, 0.29) is 0 Å². The van der Waals surface area contributed by atoms with Crippen molar-refractivity contribution in [3.8, 4) is 0 Å². The lowest BCUT2D eigenvalue weighted by atomic mass is 9.85. The zero-order valence-corrected chi connectivity index (χ0v) is 13.7. The highest BCUT2D eigenvalue weighted by Gasteiger charge is 2.21. The van der Waals surface area contributed by atoms with Gasteiger partial charge in [0.2, 0.25) is 0 Å². The summed E-state index contributed by atoms with van der Waals surface area (Å²) >= 11 is 1.70. The number of hydrogen-bond acceptors (Lipinski definition) is 5. The quantitative estimate of drug-likeness (QED) is 0.846. The second-order valence-electron chi connectivity index (χ2n) is 5.78. The molecular weight excluding hydrogens is 280 g/mol. The molecule has 0 unspecified atom stereocenters. The van der Waals surface area contributed by atoms with E-state index >= 15 is 0 Å². The molecular formula is C16H24N4S. The second kappa shape index (κ2) is 6.71. The summed E-state index contributed by atoms with van der Waals surface area (Å²) in [4.78, 5) is 13.1. The SMILES string of the molecule is CCNc1nc(CN(CC)CC2CCC2)nc2sccc12. The molecule has 0 radical (unpaired) electrons. The standard InChI is InChI=1S/C16H24N4S/c1-3-17-15-13-8-9-21-16(13)19-14(18-15)11-20(4-2)10-12-6-5-7-12/h8-9,12H,3-7,10-11H2,1-2H3,(H,17,18,19). The number of rotatable bonds is 7. The average molecular weight is 304 g/mol. The Bertz CT molecular complexity index is 591.